The SMILES string of the molecule is CCCC(C#N)(CCC)C(=O)NCc1ccccc1Br. The molecule has 0 saturated heterocycles. The molecule has 0 fully saturated rings. The van der Waals surface area contributed by atoms with Crippen molar-refractivity contribution in [1.29, 1.82) is 5.26 Å². The van der Waals surface area contributed by atoms with Crippen LogP contribution >= 0.6 is 15.9 Å². The second-order valence-corrected chi connectivity index (χ2v) is 5.82. The molecule has 1 aromatic carbocycles. The number of halogens is 1. The van der Waals surface area contributed by atoms with Crippen molar-refractivity contribution in [3.8, 4) is 6.07 Å². The molecule has 0 aromatic heterocycles. The molecule has 1 amide bonds. The van der Waals surface area contributed by atoms with E-state index < -0.39 is 5.41 Å². The van der Waals surface area contributed by atoms with Crippen LogP contribution in [0, 0.1) is 16.7 Å². The van der Waals surface area contributed by atoms with Crippen molar-refractivity contribution < 1.29 is 4.79 Å². The molecular formula is C16H21BrN2O. The Balaban J connectivity index is 2.77. The van der Waals surface area contributed by atoms with E-state index in [2.05, 4.69) is 27.3 Å². The first-order valence-electron chi connectivity index (χ1n) is 7.02. The average Bonchev–Trinajstić information content (AvgIpc) is 2.45. The lowest BCUT2D eigenvalue weighted by Gasteiger charge is -2.24. The van der Waals surface area contributed by atoms with Gasteiger partial charge >= 0.3 is 0 Å². The predicted octanol–water partition coefficient (Wildman–Crippen LogP) is 4.18. The zero-order chi connectivity index (χ0) is 15.0. The van der Waals surface area contributed by atoms with Gasteiger partial charge in [-0.15, -0.1) is 0 Å². The Labute approximate surface area is 129 Å². The molecule has 0 aliphatic carbocycles. The zero-order valence-electron chi connectivity index (χ0n) is 12.1. The number of carbonyl (C=O) groups excluding carboxylic acids is 1. The molecule has 20 heavy (non-hydrogen) atoms. The van der Waals surface area contributed by atoms with Crippen LogP contribution in [-0.4, -0.2) is 5.91 Å². The van der Waals surface area contributed by atoms with Crippen LogP contribution in [0.2, 0.25) is 0 Å². The molecule has 1 N–H and O–H groups in total. The van der Waals surface area contributed by atoms with Gasteiger partial charge in [-0.3, -0.25) is 4.79 Å². The van der Waals surface area contributed by atoms with Gasteiger partial charge in [-0.05, 0) is 24.5 Å². The Morgan fingerprint density at radius 1 is 1.30 bits per heavy atom. The number of hydrogen-bond donors (Lipinski definition) is 1. The van der Waals surface area contributed by atoms with Gasteiger partial charge in [0.25, 0.3) is 0 Å². The number of nitrogens with zero attached hydrogens (tertiary/aromatic N) is 1. The van der Waals surface area contributed by atoms with Gasteiger partial charge in [0.1, 0.15) is 5.41 Å². The van der Waals surface area contributed by atoms with Crippen molar-refractivity contribution in [2.75, 3.05) is 0 Å². The van der Waals surface area contributed by atoms with Gasteiger partial charge in [0.05, 0.1) is 6.07 Å². The maximum Gasteiger partial charge on any atom is 0.240 e. The molecule has 0 radical (unpaired) electrons. The molecule has 3 nitrogen and oxygen atoms in total. The van der Waals surface area contributed by atoms with E-state index in [4.69, 9.17) is 0 Å². The van der Waals surface area contributed by atoms with E-state index in [9.17, 15) is 10.1 Å². The lowest BCUT2D eigenvalue weighted by Crippen LogP contribution is -2.39. The third kappa shape index (κ3) is 4.08. The molecule has 1 rings (SSSR count). The zero-order valence-corrected chi connectivity index (χ0v) is 13.7. The molecule has 0 aliphatic heterocycles. The normalized spacial score (nSPS) is 10.9. The fourth-order valence-electron chi connectivity index (χ4n) is 2.35. The Bertz CT molecular complexity index is 487. The van der Waals surface area contributed by atoms with Crippen molar-refractivity contribution in [2.24, 2.45) is 5.41 Å². The van der Waals surface area contributed by atoms with Crippen LogP contribution in [0.15, 0.2) is 28.7 Å². The quantitative estimate of drug-likeness (QED) is 0.812. The molecule has 4 heteroatoms. The Morgan fingerprint density at radius 3 is 2.40 bits per heavy atom. The topological polar surface area (TPSA) is 52.9 Å². The second kappa shape index (κ2) is 8.06. The fourth-order valence-corrected chi connectivity index (χ4v) is 2.78. The number of amides is 1. The van der Waals surface area contributed by atoms with E-state index in [1.165, 1.54) is 0 Å². The molecule has 0 bridgehead atoms. The van der Waals surface area contributed by atoms with Gasteiger partial charge in [0.2, 0.25) is 5.91 Å². The van der Waals surface area contributed by atoms with Crippen molar-refractivity contribution in [3.63, 3.8) is 0 Å². The highest BCUT2D eigenvalue weighted by molar-refractivity contribution is 9.10. The van der Waals surface area contributed by atoms with Crippen LogP contribution in [0.25, 0.3) is 0 Å². The first-order chi connectivity index (χ1) is 9.59. The first-order valence-corrected chi connectivity index (χ1v) is 7.82. The van der Waals surface area contributed by atoms with Crippen LogP contribution < -0.4 is 5.32 Å². The summed E-state index contributed by atoms with van der Waals surface area (Å²) >= 11 is 3.46. The molecule has 108 valence electrons. The van der Waals surface area contributed by atoms with E-state index in [0.717, 1.165) is 22.9 Å². The number of nitriles is 1. The highest BCUT2D eigenvalue weighted by atomic mass is 79.9. The molecule has 0 unspecified atom stereocenters. The van der Waals surface area contributed by atoms with E-state index in [1.54, 1.807) is 0 Å². The summed E-state index contributed by atoms with van der Waals surface area (Å²) < 4.78 is 0.967. The summed E-state index contributed by atoms with van der Waals surface area (Å²) in [6, 6.07) is 10.0. The van der Waals surface area contributed by atoms with Gasteiger partial charge < -0.3 is 5.32 Å². The maximum absolute atomic E-state index is 12.4. The number of carbonyl (C=O) groups is 1. The minimum atomic E-state index is -0.884. The Hall–Kier alpha value is -1.34. The van der Waals surface area contributed by atoms with Crippen LogP contribution in [0.5, 0.6) is 0 Å². The van der Waals surface area contributed by atoms with Crippen molar-refractivity contribution in [3.05, 3.63) is 34.3 Å². The average molecular weight is 337 g/mol. The van der Waals surface area contributed by atoms with Gasteiger partial charge in [-0.25, -0.2) is 0 Å². The summed E-state index contributed by atoms with van der Waals surface area (Å²) in [5, 5.41) is 12.4. The number of nitrogens with one attached hydrogen (secondary N) is 1. The standard InChI is InChI=1S/C16H21BrN2O/c1-3-9-16(12-18,10-4-2)15(20)19-11-13-7-5-6-8-14(13)17/h5-8H,3-4,9-11H2,1-2H3,(H,19,20). The van der Waals surface area contributed by atoms with Crippen LogP contribution in [0.3, 0.4) is 0 Å². The monoisotopic (exact) mass is 336 g/mol. The number of benzene rings is 1. The lowest BCUT2D eigenvalue weighted by molar-refractivity contribution is -0.129. The first kappa shape index (κ1) is 16.7. The molecule has 0 spiro atoms. The minimum absolute atomic E-state index is 0.153. The molecule has 0 heterocycles. The largest absolute Gasteiger partial charge is 0.351 e. The number of rotatable bonds is 7. The van der Waals surface area contributed by atoms with Gasteiger partial charge in [0, 0.05) is 11.0 Å². The van der Waals surface area contributed by atoms with E-state index in [-0.39, 0.29) is 5.91 Å². The highest BCUT2D eigenvalue weighted by Gasteiger charge is 2.36. The molecular weight excluding hydrogens is 316 g/mol. The summed E-state index contributed by atoms with van der Waals surface area (Å²) in [5.41, 5.74) is 0.130. The molecule has 0 atom stereocenters. The Morgan fingerprint density at radius 2 is 1.90 bits per heavy atom. The summed E-state index contributed by atoms with van der Waals surface area (Å²) in [4.78, 5) is 12.4. The predicted molar refractivity (Wildman–Crippen MR) is 83.9 cm³/mol. The molecule has 0 aliphatic rings. The summed E-state index contributed by atoms with van der Waals surface area (Å²) in [7, 11) is 0. The lowest BCUT2D eigenvalue weighted by atomic mass is 9.79. The highest BCUT2D eigenvalue weighted by Crippen LogP contribution is 2.29. The third-order valence-electron chi connectivity index (χ3n) is 3.40. The Kier molecular flexibility index (Phi) is 6.74. The van der Waals surface area contributed by atoms with E-state index >= 15 is 0 Å². The minimum Gasteiger partial charge on any atom is -0.351 e. The van der Waals surface area contributed by atoms with Gasteiger partial charge in [-0.2, -0.15) is 5.26 Å². The van der Waals surface area contributed by atoms with Crippen molar-refractivity contribution >= 4 is 21.8 Å². The second-order valence-electron chi connectivity index (χ2n) is 4.97. The van der Waals surface area contributed by atoms with Crippen molar-refractivity contribution in [2.45, 2.75) is 46.1 Å². The van der Waals surface area contributed by atoms with Crippen LogP contribution in [0.1, 0.15) is 45.1 Å². The smallest absolute Gasteiger partial charge is 0.240 e. The van der Waals surface area contributed by atoms with E-state index in [0.29, 0.717) is 19.4 Å². The van der Waals surface area contributed by atoms with Gasteiger partial charge in [-0.1, -0.05) is 60.8 Å². The van der Waals surface area contributed by atoms with Gasteiger partial charge in [0.15, 0.2) is 0 Å². The summed E-state index contributed by atoms with van der Waals surface area (Å²) in [6.45, 7) is 4.45. The fraction of sp³-hybridized carbons (Fsp3) is 0.500. The summed E-state index contributed by atoms with van der Waals surface area (Å²) in [5.74, 6) is -0.153. The van der Waals surface area contributed by atoms with E-state index in [1.807, 2.05) is 38.1 Å². The maximum atomic E-state index is 12.4. The third-order valence-corrected chi connectivity index (χ3v) is 4.17. The van der Waals surface area contributed by atoms with Crippen LogP contribution in [-0.2, 0) is 11.3 Å². The van der Waals surface area contributed by atoms with Crippen LogP contribution in [0.4, 0.5) is 0 Å². The molecule has 0 saturated carbocycles. The molecule has 1 aromatic rings. The summed E-state index contributed by atoms with van der Waals surface area (Å²) in [6.07, 6.45) is 2.88. The van der Waals surface area contributed by atoms with Crippen molar-refractivity contribution in [1.82, 2.24) is 5.32 Å². The number of hydrogen-bond acceptors (Lipinski definition) is 2.